The van der Waals surface area contributed by atoms with Crippen LogP contribution < -0.4 is 10.6 Å². The lowest BCUT2D eigenvalue weighted by Gasteiger charge is -2.24. The van der Waals surface area contributed by atoms with Gasteiger partial charge in [0.2, 0.25) is 0 Å². The maximum absolute atomic E-state index is 12.3. The van der Waals surface area contributed by atoms with Crippen molar-refractivity contribution in [1.82, 2.24) is 15.5 Å². The molecule has 1 aliphatic heterocycles. The van der Waals surface area contributed by atoms with Gasteiger partial charge >= 0.3 is 6.03 Å². The molecule has 3 rings (SSSR count). The number of ether oxygens (including phenoxy) is 1. The van der Waals surface area contributed by atoms with Crippen LogP contribution in [-0.2, 0) is 4.74 Å². The Morgan fingerprint density at radius 3 is 2.15 bits per heavy atom. The SMILES string of the molecule is O=C(NCC#CCN1CCOCC1)NC(c1ccccc1)c1ccccc1. The number of nitrogens with one attached hydrogen (secondary N) is 2. The van der Waals surface area contributed by atoms with Crippen molar-refractivity contribution in [1.29, 1.82) is 0 Å². The summed E-state index contributed by atoms with van der Waals surface area (Å²) in [6, 6.07) is 19.5. The van der Waals surface area contributed by atoms with Crippen molar-refractivity contribution in [3.63, 3.8) is 0 Å². The van der Waals surface area contributed by atoms with Crippen LogP contribution in [0, 0.1) is 11.8 Å². The lowest BCUT2D eigenvalue weighted by molar-refractivity contribution is 0.0443. The maximum Gasteiger partial charge on any atom is 0.316 e. The highest BCUT2D eigenvalue weighted by Gasteiger charge is 2.16. The summed E-state index contributed by atoms with van der Waals surface area (Å²) >= 11 is 0. The van der Waals surface area contributed by atoms with Gasteiger partial charge in [0.05, 0.1) is 32.3 Å². The number of urea groups is 1. The maximum atomic E-state index is 12.3. The molecule has 0 unspecified atom stereocenters. The number of hydrogen-bond acceptors (Lipinski definition) is 3. The van der Waals surface area contributed by atoms with Crippen LogP contribution in [0.25, 0.3) is 0 Å². The number of carbonyl (C=O) groups excluding carboxylic acids is 1. The molecule has 2 amide bonds. The molecule has 0 spiro atoms. The van der Waals surface area contributed by atoms with Crippen molar-refractivity contribution in [2.45, 2.75) is 6.04 Å². The summed E-state index contributed by atoms with van der Waals surface area (Å²) < 4.78 is 5.31. The van der Waals surface area contributed by atoms with Gasteiger partial charge in [0, 0.05) is 13.1 Å². The first-order valence-electron chi connectivity index (χ1n) is 9.23. The van der Waals surface area contributed by atoms with Crippen molar-refractivity contribution in [3.05, 3.63) is 71.8 Å². The van der Waals surface area contributed by atoms with Crippen molar-refractivity contribution in [2.75, 3.05) is 39.4 Å². The Balaban J connectivity index is 1.52. The number of hydrogen-bond donors (Lipinski definition) is 2. The number of amides is 2. The minimum Gasteiger partial charge on any atom is -0.379 e. The predicted octanol–water partition coefficient (Wildman–Crippen LogP) is 2.41. The van der Waals surface area contributed by atoms with Crippen LogP contribution in [0.5, 0.6) is 0 Å². The molecule has 5 nitrogen and oxygen atoms in total. The Morgan fingerprint density at radius 2 is 1.56 bits per heavy atom. The van der Waals surface area contributed by atoms with Crippen LogP contribution in [0.1, 0.15) is 17.2 Å². The number of benzene rings is 2. The zero-order valence-electron chi connectivity index (χ0n) is 15.4. The van der Waals surface area contributed by atoms with E-state index in [4.69, 9.17) is 4.74 Å². The summed E-state index contributed by atoms with van der Waals surface area (Å²) in [4.78, 5) is 14.6. The highest BCUT2D eigenvalue weighted by atomic mass is 16.5. The van der Waals surface area contributed by atoms with Crippen LogP contribution in [0.3, 0.4) is 0 Å². The van der Waals surface area contributed by atoms with Crippen LogP contribution in [-0.4, -0.2) is 50.3 Å². The van der Waals surface area contributed by atoms with Gasteiger partial charge in [-0.15, -0.1) is 0 Å². The second kappa shape index (κ2) is 10.4. The fourth-order valence-corrected chi connectivity index (χ4v) is 2.95. The highest BCUT2D eigenvalue weighted by molar-refractivity contribution is 5.75. The van der Waals surface area contributed by atoms with E-state index in [0.29, 0.717) is 13.1 Å². The second-order valence-electron chi connectivity index (χ2n) is 6.32. The van der Waals surface area contributed by atoms with Gasteiger partial charge in [0.25, 0.3) is 0 Å². The first-order valence-corrected chi connectivity index (χ1v) is 9.23. The largest absolute Gasteiger partial charge is 0.379 e. The Labute approximate surface area is 160 Å². The summed E-state index contributed by atoms with van der Waals surface area (Å²) in [6.07, 6.45) is 0. The minimum atomic E-state index is -0.228. The number of rotatable bonds is 5. The molecule has 2 aromatic carbocycles. The summed E-state index contributed by atoms with van der Waals surface area (Å²) in [5.41, 5.74) is 2.08. The third-order valence-corrected chi connectivity index (χ3v) is 4.41. The van der Waals surface area contributed by atoms with E-state index >= 15 is 0 Å². The minimum absolute atomic E-state index is 0.200. The van der Waals surface area contributed by atoms with E-state index in [-0.39, 0.29) is 12.1 Å². The average molecular weight is 363 g/mol. The highest BCUT2D eigenvalue weighted by Crippen LogP contribution is 2.21. The molecule has 0 aromatic heterocycles. The van der Waals surface area contributed by atoms with E-state index < -0.39 is 0 Å². The Bertz CT molecular complexity index is 723. The summed E-state index contributed by atoms with van der Waals surface area (Å²) in [6.45, 7) is 4.40. The van der Waals surface area contributed by atoms with E-state index in [0.717, 1.165) is 37.4 Å². The van der Waals surface area contributed by atoms with Gasteiger partial charge < -0.3 is 15.4 Å². The zero-order valence-corrected chi connectivity index (χ0v) is 15.4. The lowest BCUT2D eigenvalue weighted by Crippen LogP contribution is -2.38. The molecule has 1 aliphatic rings. The van der Waals surface area contributed by atoms with Gasteiger partial charge in [-0.05, 0) is 11.1 Å². The number of carbonyl (C=O) groups is 1. The predicted molar refractivity (Wildman–Crippen MR) is 106 cm³/mol. The number of morpholine rings is 1. The number of nitrogens with zero attached hydrogens (tertiary/aromatic N) is 1. The third kappa shape index (κ3) is 6.14. The molecule has 1 fully saturated rings. The summed E-state index contributed by atoms with van der Waals surface area (Å²) in [5.74, 6) is 6.12. The van der Waals surface area contributed by atoms with Gasteiger partial charge in [0.1, 0.15) is 0 Å². The van der Waals surface area contributed by atoms with Crippen LogP contribution >= 0.6 is 0 Å². The lowest BCUT2D eigenvalue weighted by atomic mass is 9.99. The summed E-state index contributed by atoms with van der Waals surface area (Å²) in [7, 11) is 0. The topological polar surface area (TPSA) is 53.6 Å². The molecule has 27 heavy (non-hydrogen) atoms. The Morgan fingerprint density at radius 1 is 0.963 bits per heavy atom. The van der Waals surface area contributed by atoms with Crippen molar-refractivity contribution in [2.24, 2.45) is 0 Å². The van der Waals surface area contributed by atoms with E-state index in [1.165, 1.54) is 0 Å². The first kappa shape index (κ1) is 19.0. The molecule has 0 bridgehead atoms. The Kier molecular flexibility index (Phi) is 7.28. The van der Waals surface area contributed by atoms with Crippen LogP contribution in [0.2, 0.25) is 0 Å². The third-order valence-electron chi connectivity index (χ3n) is 4.41. The molecule has 0 aliphatic carbocycles. The van der Waals surface area contributed by atoms with Gasteiger partial charge in [-0.25, -0.2) is 4.79 Å². The first-order chi connectivity index (χ1) is 13.3. The second-order valence-corrected chi connectivity index (χ2v) is 6.32. The van der Waals surface area contributed by atoms with Crippen LogP contribution in [0.15, 0.2) is 60.7 Å². The van der Waals surface area contributed by atoms with Crippen molar-refractivity contribution >= 4 is 6.03 Å². The fourth-order valence-electron chi connectivity index (χ4n) is 2.95. The average Bonchev–Trinajstić information content (AvgIpc) is 2.74. The van der Waals surface area contributed by atoms with E-state index in [2.05, 4.69) is 27.4 Å². The molecule has 2 N–H and O–H groups in total. The molecule has 1 saturated heterocycles. The molecular weight excluding hydrogens is 338 g/mol. The normalized spacial score (nSPS) is 14.3. The van der Waals surface area contributed by atoms with Gasteiger partial charge in [-0.3, -0.25) is 4.90 Å². The zero-order chi connectivity index (χ0) is 18.7. The van der Waals surface area contributed by atoms with Crippen molar-refractivity contribution in [3.8, 4) is 11.8 Å². The van der Waals surface area contributed by atoms with Crippen LogP contribution in [0.4, 0.5) is 4.79 Å². The van der Waals surface area contributed by atoms with E-state index in [9.17, 15) is 4.79 Å². The fraction of sp³-hybridized carbons (Fsp3) is 0.318. The monoisotopic (exact) mass is 363 g/mol. The molecule has 0 atom stereocenters. The molecule has 0 saturated carbocycles. The van der Waals surface area contributed by atoms with E-state index in [1.807, 2.05) is 60.7 Å². The quantitative estimate of drug-likeness (QED) is 0.802. The molecule has 5 heteroatoms. The molecule has 0 radical (unpaired) electrons. The molecule has 1 heterocycles. The molecule has 140 valence electrons. The summed E-state index contributed by atoms with van der Waals surface area (Å²) in [5, 5.41) is 5.87. The van der Waals surface area contributed by atoms with Gasteiger partial charge in [-0.1, -0.05) is 72.5 Å². The Hall–Kier alpha value is -2.81. The standard InChI is InChI=1S/C22H25N3O2/c26-22(23-13-7-8-14-25-15-17-27-18-16-25)24-21(19-9-3-1-4-10-19)20-11-5-2-6-12-20/h1-6,9-12,21H,13-18H2,(H2,23,24,26). The van der Waals surface area contributed by atoms with Gasteiger partial charge in [0.15, 0.2) is 0 Å². The van der Waals surface area contributed by atoms with Gasteiger partial charge in [-0.2, -0.15) is 0 Å². The molecule has 2 aromatic rings. The van der Waals surface area contributed by atoms with Crippen molar-refractivity contribution < 1.29 is 9.53 Å². The smallest absolute Gasteiger partial charge is 0.316 e. The van der Waals surface area contributed by atoms with E-state index in [1.54, 1.807) is 0 Å². The molecular formula is C22H25N3O2.